The number of fused-ring (bicyclic) bond motifs is 1. The number of aliphatic hydroxyl groups is 1. The van der Waals surface area contributed by atoms with E-state index in [9.17, 15) is 5.11 Å². The fourth-order valence-electron chi connectivity index (χ4n) is 2.56. The minimum absolute atomic E-state index is 0.0906. The van der Waals surface area contributed by atoms with Gasteiger partial charge in [0, 0.05) is 30.1 Å². The molecule has 2 atom stereocenters. The molecule has 1 aliphatic heterocycles. The number of methoxy groups -OCH3 is 1. The van der Waals surface area contributed by atoms with Gasteiger partial charge in [-0.25, -0.2) is 0 Å². The van der Waals surface area contributed by atoms with Gasteiger partial charge in [-0.1, -0.05) is 13.8 Å². The van der Waals surface area contributed by atoms with Crippen LogP contribution >= 0.6 is 0 Å². The molecular weight excluding hydrogens is 254 g/mol. The van der Waals surface area contributed by atoms with Crippen LogP contribution < -0.4 is 14.8 Å². The van der Waals surface area contributed by atoms with Gasteiger partial charge in [0.2, 0.25) is 0 Å². The Hall–Kier alpha value is -1.26. The lowest BCUT2D eigenvalue weighted by molar-refractivity contribution is 0.209. The minimum atomic E-state index is 0.0906. The lowest BCUT2D eigenvalue weighted by atomic mass is 10.0. The summed E-state index contributed by atoms with van der Waals surface area (Å²) < 4.78 is 11.3. The van der Waals surface area contributed by atoms with Crippen LogP contribution in [0.5, 0.6) is 11.5 Å². The molecule has 1 aromatic rings. The molecule has 0 radical (unpaired) electrons. The monoisotopic (exact) mass is 279 g/mol. The fraction of sp³-hybridized carbons (Fsp3) is 0.625. The predicted octanol–water partition coefficient (Wildman–Crippen LogP) is 2.13. The van der Waals surface area contributed by atoms with Gasteiger partial charge in [-0.15, -0.1) is 0 Å². The zero-order valence-corrected chi connectivity index (χ0v) is 12.8. The molecule has 1 unspecified atom stereocenters. The Morgan fingerprint density at radius 3 is 2.80 bits per heavy atom. The van der Waals surface area contributed by atoms with Crippen molar-refractivity contribution in [2.24, 2.45) is 5.92 Å². The summed E-state index contributed by atoms with van der Waals surface area (Å²) in [6, 6.07) is 4.21. The average molecular weight is 279 g/mol. The number of nitrogens with one attached hydrogen (secondary N) is 1. The summed E-state index contributed by atoms with van der Waals surface area (Å²) in [7, 11) is 1.69. The van der Waals surface area contributed by atoms with E-state index >= 15 is 0 Å². The summed E-state index contributed by atoms with van der Waals surface area (Å²) in [5, 5.41) is 12.7. The Morgan fingerprint density at radius 2 is 2.20 bits per heavy atom. The van der Waals surface area contributed by atoms with Gasteiger partial charge in [0.15, 0.2) is 0 Å². The van der Waals surface area contributed by atoms with Gasteiger partial charge >= 0.3 is 0 Å². The summed E-state index contributed by atoms with van der Waals surface area (Å²) >= 11 is 0. The normalized spacial score (nSPS) is 18.8. The SMILES string of the molecule is COc1cc2c(cc1CN[C@H](CO)C(C)C)OC(C)C2. The third kappa shape index (κ3) is 3.25. The second-order valence-electron chi connectivity index (χ2n) is 5.82. The molecule has 1 aliphatic rings. The highest BCUT2D eigenvalue weighted by molar-refractivity contribution is 5.48. The molecule has 4 nitrogen and oxygen atoms in total. The van der Waals surface area contributed by atoms with E-state index in [1.54, 1.807) is 7.11 Å². The van der Waals surface area contributed by atoms with Crippen LogP contribution in [0.15, 0.2) is 12.1 Å². The lowest BCUT2D eigenvalue weighted by Gasteiger charge is -2.21. The second kappa shape index (κ2) is 6.46. The summed E-state index contributed by atoms with van der Waals surface area (Å²) in [6.45, 7) is 7.07. The molecule has 0 aliphatic carbocycles. The number of benzene rings is 1. The van der Waals surface area contributed by atoms with Crippen LogP contribution in [0.3, 0.4) is 0 Å². The highest BCUT2D eigenvalue weighted by atomic mass is 16.5. The van der Waals surface area contributed by atoms with E-state index in [0.717, 1.165) is 23.5 Å². The van der Waals surface area contributed by atoms with Crippen molar-refractivity contribution in [3.63, 3.8) is 0 Å². The van der Waals surface area contributed by atoms with E-state index in [4.69, 9.17) is 9.47 Å². The largest absolute Gasteiger partial charge is 0.496 e. The molecule has 0 aromatic heterocycles. The fourth-order valence-corrected chi connectivity index (χ4v) is 2.56. The van der Waals surface area contributed by atoms with Crippen molar-refractivity contribution in [2.75, 3.05) is 13.7 Å². The van der Waals surface area contributed by atoms with E-state index in [-0.39, 0.29) is 18.8 Å². The van der Waals surface area contributed by atoms with Crippen LogP contribution in [0.25, 0.3) is 0 Å². The zero-order chi connectivity index (χ0) is 14.7. The first-order chi connectivity index (χ1) is 9.55. The van der Waals surface area contributed by atoms with Gasteiger partial charge < -0.3 is 19.9 Å². The maximum Gasteiger partial charge on any atom is 0.123 e. The molecule has 0 saturated heterocycles. The quantitative estimate of drug-likeness (QED) is 0.837. The van der Waals surface area contributed by atoms with Crippen LogP contribution in [0.1, 0.15) is 31.9 Å². The van der Waals surface area contributed by atoms with Gasteiger partial charge in [0.05, 0.1) is 13.7 Å². The molecule has 0 saturated carbocycles. The molecule has 0 spiro atoms. The average Bonchev–Trinajstić information content (AvgIpc) is 2.77. The summed E-state index contributed by atoms with van der Waals surface area (Å²) in [5.41, 5.74) is 2.28. The van der Waals surface area contributed by atoms with Crippen molar-refractivity contribution < 1.29 is 14.6 Å². The first-order valence-electron chi connectivity index (χ1n) is 7.25. The molecule has 1 heterocycles. The van der Waals surface area contributed by atoms with Crippen molar-refractivity contribution >= 4 is 0 Å². The highest BCUT2D eigenvalue weighted by Gasteiger charge is 2.22. The molecule has 0 fully saturated rings. The molecule has 2 N–H and O–H groups in total. The van der Waals surface area contributed by atoms with Gasteiger partial charge in [-0.3, -0.25) is 0 Å². The molecular formula is C16H25NO3. The van der Waals surface area contributed by atoms with Crippen LogP contribution in [0, 0.1) is 5.92 Å². The molecule has 112 valence electrons. The van der Waals surface area contributed by atoms with Gasteiger partial charge in [-0.05, 0) is 25.0 Å². The van der Waals surface area contributed by atoms with E-state index in [1.807, 2.05) is 0 Å². The van der Waals surface area contributed by atoms with Crippen LogP contribution in [-0.2, 0) is 13.0 Å². The van der Waals surface area contributed by atoms with Crippen molar-refractivity contribution in [3.8, 4) is 11.5 Å². The van der Waals surface area contributed by atoms with Crippen LogP contribution in [-0.4, -0.2) is 31.0 Å². The number of rotatable bonds is 6. The third-order valence-electron chi connectivity index (χ3n) is 3.86. The van der Waals surface area contributed by atoms with Crippen LogP contribution in [0.2, 0.25) is 0 Å². The Balaban J connectivity index is 2.13. The van der Waals surface area contributed by atoms with Crippen LogP contribution in [0.4, 0.5) is 0 Å². The summed E-state index contributed by atoms with van der Waals surface area (Å²) in [4.78, 5) is 0. The topological polar surface area (TPSA) is 50.7 Å². The summed E-state index contributed by atoms with van der Waals surface area (Å²) in [6.07, 6.45) is 1.17. The minimum Gasteiger partial charge on any atom is -0.496 e. The highest BCUT2D eigenvalue weighted by Crippen LogP contribution is 2.34. The van der Waals surface area contributed by atoms with Crippen molar-refractivity contribution in [2.45, 2.75) is 45.9 Å². The molecule has 0 bridgehead atoms. The molecule has 2 rings (SSSR count). The smallest absolute Gasteiger partial charge is 0.123 e. The maximum atomic E-state index is 9.37. The number of hydrogen-bond donors (Lipinski definition) is 2. The van der Waals surface area contributed by atoms with Gasteiger partial charge in [0.25, 0.3) is 0 Å². The molecule has 20 heavy (non-hydrogen) atoms. The van der Waals surface area contributed by atoms with E-state index < -0.39 is 0 Å². The van der Waals surface area contributed by atoms with Gasteiger partial charge in [-0.2, -0.15) is 0 Å². The zero-order valence-electron chi connectivity index (χ0n) is 12.8. The Bertz CT molecular complexity index is 459. The molecule has 4 heteroatoms. The molecule has 0 amide bonds. The number of hydrogen-bond acceptors (Lipinski definition) is 4. The van der Waals surface area contributed by atoms with E-state index in [0.29, 0.717) is 12.5 Å². The van der Waals surface area contributed by atoms with E-state index in [1.165, 1.54) is 5.56 Å². The molecule has 1 aromatic carbocycles. The standard InChI is InChI=1S/C16H25NO3/c1-10(2)14(9-18)17-8-13-7-16-12(5-11(3)20-16)6-15(13)19-4/h6-7,10-11,14,17-18H,5,8-9H2,1-4H3/t11?,14-/m1/s1. The van der Waals surface area contributed by atoms with Crippen molar-refractivity contribution in [1.29, 1.82) is 0 Å². The van der Waals surface area contributed by atoms with E-state index in [2.05, 4.69) is 38.2 Å². The van der Waals surface area contributed by atoms with Crippen molar-refractivity contribution in [1.82, 2.24) is 5.32 Å². The summed E-state index contributed by atoms with van der Waals surface area (Å²) in [5.74, 6) is 2.23. The maximum absolute atomic E-state index is 9.37. The van der Waals surface area contributed by atoms with Crippen molar-refractivity contribution in [3.05, 3.63) is 23.3 Å². The first-order valence-corrected chi connectivity index (χ1v) is 7.25. The lowest BCUT2D eigenvalue weighted by Crippen LogP contribution is -2.36. The Labute approximate surface area is 121 Å². The Morgan fingerprint density at radius 1 is 1.45 bits per heavy atom. The van der Waals surface area contributed by atoms with Gasteiger partial charge in [0.1, 0.15) is 17.6 Å². The first kappa shape index (κ1) is 15.1. The number of ether oxygens (including phenoxy) is 2. The predicted molar refractivity (Wildman–Crippen MR) is 79.3 cm³/mol. The second-order valence-corrected chi connectivity index (χ2v) is 5.82. The number of aliphatic hydroxyl groups excluding tert-OH is 1. The third-order valence-corrected chi connectivity index (χ3v) is 3.86. The Kier molecular flexibility index (Phi) is 4.89.